The predicted octanol–water partition coefficient (Wildman–Crippen LogP) is 2.49. The van der Waals surface area contributed by atoms with Crippen molar-refractivity contribution in [2.75, 3.05) is 6.61 Å². The third kappa shape index (κ3) is 1.20. The summed E-state index contributed by atoms with van der Waals surface area (Å²) in [4.78, 5) is 14.3. The average Bonchev–Trinajstić information content (AvgIpc) is 3.02. The van der Waals surface area contributed by atoms with Gasteiger partial charge < -0.3 is 9.64 Å². The van der Waals surface area contributed by atoms with Gasteiger partial charge in [0.25, 0.3) is 0 Å². The van der Waals surface area contributed by atoms with Crippen LogP contribution in [0.5, 0.6) is 0 Å². The van der Waals surface area contributed by atoms with Crippen LogP contribution in [0.3, 0.4) is 0 Å². The standard InChI is InChI=1S/C15H17NO2/c17-14-9-12-7-4-8-15(12)16(14)13(10-18-15)11-5-2-1-3-6-11/h1-3,5-6,12-13H,4,7-10H2/t12?,13-,15-/m0/s1. The smallest absolute Gasteiger partial charge is 0.225 e. The lowest BCUT2D eigenvalue weighted by molar-refractivity contribution is -0.139. The highest BCUT2D eigenvalue weighted by Crippen LogP contribution is 2.55. The topological polar surface area (TPSA) is 29.5 Å². The lowest BCUT2D eigenvalue weighted by Crippen LogP contribution is -2.43. The van der Waals surface area contributed by atoms with Gasteiger partial charge in [-0.05, 0) is 24.8 Å². The molecule has 3 atom stereocenters. The van der Waals surface area contributed by atoms with Crippen molar-refractivity contribution in [1.82, 2.24) is 4.90 Å². The predicted molar refractivity (Wildman–Crippen MR) is 66.7 cm³/mol. The first kappa shape index (κ1) is 10.6. The number of carbonyl (C=O) groups excluding carboxylic acids is 1. The Labute approximate surface area is 107 Å². The van der Waals surface area contributed by atoms with Gasteiger partial charge in [0, 0.05) is 12.3 Å². The van der Waals surface area contributed by atoms with Gasteiger partial charge in [-0.15, -0.1) is 0 Å². The van der Waals surface area contributed by atoms with Crippen LogP contribution >= 0.6 is 0 Å². The van der Waals surface area contributed by atoms with Gasteiger partial charge in [0.15, 0.2) is 0 Å². The van der Waals surface area contributed by atoms with Crippen molar-refractivity contribution in [3.63, 3.8) is 0 Å². The van der Waals surface area contributed by atoms with E-state index in [9.17, 15) is 4.79 Å². The molecule has 1 saturated carbocycles. The Hall–Kier alpha value is -1.35. The second-order valence-corrected chi connectivity index (χ2v) is 5.64. The van der Waals surface area contributed by atoms with Gasteiger partial charge in [-0.1, -0.05) is 30.3 Å². The molecule has 1 spiro atoms. The molecule has 1 unspecified atom stereocenters. The first-order valence-corrected chi connectivity index (χ1v) is 6.82. The van der Waals surface area contributed by atoms with E-state index in [-0.39, 0.29) is 17.7 Å². The minimum atomic E-state index is -0.252. The summed E-state index contributed by atoms with van der Waals surface area (Å²) in [6, 6.07) is 10.4. The van der Waals surface area contributed by atoms with Crippen molar-refractivity contribution < 1.29 is 9.53 Å². The number of carbonyl (C=O) groups is 1. The largest absolute Gasteiger partial charge is 0.353 e. The van der Waals surface area contributed by atoms with E-state index in [0.29, 0.717) is 18.9 Å². The van der Waals surface area contributed by atoms with Crippen molar-refractivity contribution in [3.8, 4) is 0 Å². The first-order chi connectivity index (χ1) is 8.81. The molecule has 1 aromatic carbocycles. The van der Waals surface area contributed by atoms with Gasteiger partial charge in [-0.3, -0.25) is 4.79 Å². The van der Waals surface area contributed by atoms with E-state index in [1.807, 2.05) is 18.2 Å². The van der Waals surface area contributed by atoms with Crippen molar-refractivity contribution in [2.24, 2.45) is 5.92 Å². The summed E-state index contributed by atoms with van der Waals surface area (Å²) in [5.74, 6) is 0.713. The number of hydrogen-bond acceptors (Lipinski definition) is 2. The second kappa shape index (κ2) is 3.58. The Bertz CT molecular complexity index is 487. The molecule has 1 aromatic rings. The SMILES string of the molecule is O=C1CC2CCC[C@]23OC[C@@H](c2ccccc2)N13. The maximum Gasteiger partial charge on any atom is 0.225 e. The van der Waals surface area contributed by atoms with Gasteiger partial charge in [0.2, 0.25) is 5.91 Å². The zero-order valence-corrected chi connectivity index (χ0v) is 10.3. The third-order valence-corrected chi connectivity index (χ3v) is 4.81. The lowest BCUT2D eigenvalue weighted by atomic mass is 10.0. The molecular weight excluding hydrogens is 226 g/mol. The summed E-state index contributed by atoms with van der Waals surface area (Å²) in [5, 5.41) is 0. The molecule has 4 rings (SSSR count). The molecule has 94 valence electrons. The van der Waals surface area contributed by atoms with E-state index in [0.717, 1.165) is 12.8 Å². The van der Waals surface area contributed by atoms with E-state index < -0.39 is 0 Å². The van der Waals surface area contributed by atoms with Crippen LogP contribution in [0.4, 0.5) is 0 Å². The summed E-state index contributed by atoms with van der Waals surface area (Å²) in [6.45, 7) is 0.659. The number of rotatable bonds is 1. The van der Waals surface area contributed by atoms with Crippen LogP contribution in [0, 0.1) is 5.92 Å². The summed E-state index contributed by atoms with van der Waals surface area (Å²) >= 11 is 0. The Morgan fingerprint density at radius 1 is 1.28 bits per heavy atom. The van der Waals surface area contributed by atoms with E-state index in [1.165, 1.54) is 12.0 Å². The summed E-state index contributed by atoms with van der Waals surface area (Å²) < 4.78 is 6.13. The number of nitrogens with zero attached hydrogens (tertiary/aromatic N) is 1. The first-order valence-electron chi connectivity index (χ1n) is 6.82. The molecule has 1 aliphatic carbocycles. The van der Waals surface area contributed by atoms with Crippen molar-refractivity contribution >= 4 is 5.91 Å². The van der Waals surface area contributed by atoms with Crippen LogP contribution in [0.15, 0.2) is 30.3 Å². The molecule has 2 heterocycles. The average molecular weight is 243 g/mol. The molecule has 2 aliphatic heterocycles. The van der Waals surface area contributed by atoms with Crippen LogP contribution in [-0.2, 0) is 9.53 Å². The third-order valence-electron chi connectivity index (χ3n) is 4.81. The molecule has 0 aromatic heterocycles. The normalized spacial score (nSPS) is 38.0. The fraction of sp³-hybridized carbons (Fsp3) is 0.533. The minimum Gasteiger partial charge on any atom is -0.353 e. The Morgan fingerprint density at radius 3 is 2.94 bits per heavy atom. The van der Waals surface area contributed by atoms with Crippen molar-refractivity contribution in [1.29, 1.82) is 0 Å². The minimum absolute atomic E-state index is 0.127. The summed E-state index contributed by atoms with van der Waals surface area (Å²) in [7, 11) is 0. The van der Waals surface area contributed by atoms with Gasteiger partial charge in [-0.25, -0.2) is 0 Å². The van der Waals surface area contributed by atoms with Gasteiger partial charge in [0.05, 0.1) is 12.6 Å². The van der Waals surface area contributed by atoms with E-state index in [2.05, 4.69) is 17.0 Å². The molecule has 18 heavy (non-hydrogen) atoms. The molecular formula is C15H17NO2. The van der Waals surface area contributed by atoms with Gasteiger partial charge >= 0.3 is 0 Å². The molecule has 3 fully saturated rings. The lowest BCUT2D eigenvalue weighted by Gasteiger charge is -2.32. The quantitative estimate of drug-likeness (QED) is 0.758. The second-order valence-electron chi connectivity index (χ2n) is 5.64. The number of hydrogen-bond donors (Lipinski definition) is 0. The van der Waals surface area contributed by atoms with Crippen molar-refractivity contribution in [2.45, 2.75) is 37.5 Å². The van der Waals surface area contributed by atoms with Crippen LogP contribution in [0.25, 0.3) is 0 Å². The van der Waals surface area contributed by atoms with E-state index in [4.69, 9.17) is 4.74 Å². The Morgan fingerprint density at radius 2 is 2.11 bits per heavy atom. The van der Waals surface area contributed by atoms with Crippen LogP contribution in [-0.4, -0.2) is 23.1 Å². The maximum atomic E-state index is 12.3. The highest BCUT2D eigenvalue weighted by molar-refractivity contribution is 5.81. The highest BCUT2D eigenvalue weighted by atomic mass is 16.5. The van der Waals surface area contributed by atoms with E-state index >= 15 is 0 Å². The summed E-state index contributed by atoms with van der Waals surface area (Å²) in [5.41, 5.74) is 0.952. The van der Waals surface area contributed by atoms with Gasteiger partial charge in [0.1, 0.15) is 5.72 Å². The molecule has 2 saturated heterocycles. The number of benzene rings is 1. The Balaban J connectivity index is 1.75. The maximum absolute atomic E-state index is 12.3. The summed E-state index contributed by atoms with van der Waals surface area (Å²) in [6.07, 6.45) is 4.04. The fourth-order valence-electron chi connectivity index (χ4n) is 4.05. The van der Waals surface area contributed by atoms with Crippen LogP contribution in [0.2, 0.25) is 0 Å². The highest BCUT2D eigenvalue weighted by Gasteiger charge is 2.61. The fourth-order valence-corrected chi connectivity index (χ4v) is 4.05. The zero-order valence-electron chi connectivity index (χ0n) is 10.3. The Kier molecular flexibility index (Phi) is 2.10. The van der Waals surface area contributed by atoms with Crippen molar-refractivity contribution in [3.05, 3.63) is 35.9 Å². The molecule has 0 radical (unpaired) electrons. The van der Waals surface area contributed by atoms with E-state index in [1.54, 1.807) is 0 Å². The van der Waals surface area contributed by atoms with Gasteiger partial charge in [-0.2, -0.15) is 0 Å². The molecule has 3 aliphatic rings. The number of amides is 1. The zero-order chi connectivity index (χ0) is 12.2. The molecule has 0 N–H and O–H groups in total. The molecule has 3 nitrogen and oxygen atoms in total. The van der Waals surface area contributed by atoms with Crippen LogP contribution < -0.4 is 0 Å². The molecule has 1 amide bonds. The number of ether oxygens (including phenoxy) is 1. The molecule has 0 bridgehead atoms. The molecule has 3 heteroatoms. The van der Waals surface area contributed by atoms with Crippen LogP contribution in [0.1, 0.15) is 37.3 Å². The monoisotopic (exact) mass is 243 g/mol.